The molecule has 0 bridgehead atoms. The predicted octanol–water partition coefficient (Wildman–Crippen LogP) is 1.55. The lowest BCUT2D eigenvalue weighted by Crippen LogP contribution is -2.35. The van der Waals surface area contributed by atoms with Crippen molar-refractivity contribution in [2.45, 2.75) is 69.7 Å². The molecule has 0 spiro atoms. The number of carbonyl (C=O) groups is 2. The molecule has 3 rings (SSSR count). The largest absolute Gasteiger partial charge is 0.381 e. The van der Waals surface area contributed by atoms with E-state index in [1.807, 2.05) is 26.8 Å². The number of benzene rings is 1. The first-order valence-electron chi connectivity index (χ1n) is 12.0. The number of aliphatic imine (C=N–C) groups is 2. The predicted molar refractivity (Wildman–Crippen MR) is 145 cm³/mol. The van der Waals surface area contributed by atoms with Gasteiger partial charge in [0.15, 0.2) is 21.8 Å². The van der Waals surface area contributed by atoms with Crippen molar-refractivity contribution in [3.63, 3.8) is 0 Å². The molecular weight excluding hydrogens is 494 g/mol. The average molecular weight is 532 g/mol. The Kier molecular flexibility index (Phi) is 10.0. The maximum absolute atomic E-state index is 11.9. The number of amides is 2. The molecular formula is C25H37N7O4S. The lowest BCUT2D eigenvalue weighted by molar-refractivity contribution is -0.114. The van der Waals surface area contributed by atoms with Gasteiger partial charge in [-0.25, -0.2) is 8.42 Å². The van der Waals surface area contributed by atoms with Crippen molar-refractivity contribution in [1.29, 1.82) is 0 Å². The van der Waals surface area contributed by atoms with Crippen LogP contribution in [-0.4, -0.2) is 44.4 Å². The molecule has 1 aliphatic carbocycles. The zero-order chi connectivity index (χ0) is 27.9. The first kappa shape index (κ1) is 29.6. The van der Waals surface area contributed by atoms with Gasteiger partial charge in [0.2, 0.25) is 0 Å². The van der Waals surface area contributed by atoms with E-state index in [2.05, 4.69) is 15.3 Å². The molecule has 12 heteroatoms. The lowest BCUT2D eigenvalue weighted by atomic mass is 9.96. The normalized spacial score (nSPS) is 17.2. The third-order valence-electron chi connectivity index (χ3n) is 5.94. The van der Waals surface area contributed by atoms with Gasteiger partial charge in [-0.15, -0.1) is 0 Å². The van der Waals surface area contributed by atoms with E-state index < -0.39 is 15.7 Å². The average Bonchev–Trinajstić information content (AvgIpc) is 3.01. The van der Waals surface area contributed by atoms with Crippen LogP contribution in [0.25, 0.3) is 0 Å². The topological polar surface area (TPSA) is 209 Å². The maximum Gasteiger partial charge on any atom is 0.280 e. The van der Waals surface area contributed by atoms with Crippen LogP contribution in [0.15, 0.2) is 56.0 Å². The fourth-order valence-electron chi connectivity index (χ4n) is 4.16. The molecule has 2 amide bonds. The Hall–Kier alpha value is -3.67. The van der Waals surface area contributed by atoms with Crippen molar-refractivity contribution in [3.8, 4) is 0 Å². The molecule has 1 heterocycles. The highest BCUT2D eigenvalue weighted by atomic mass is 32.2. The van der Waals surface area contributed by atoms with Gasteiger partial charge in [0.25, 0.3) is 11.8 Å². The van der Waals surface area contributed by atoms with Crippen molar-refractivity contribution in [2.75, 3.05) is 6.26 Å². The molecule has 1 aromatic carbocycles. The number of nitrogens with one attached hydrogen (secondary N) is 1. The Labute approximate surface area is 218 Å². The number of dihydropyridines is 1. The summed E-state index contributed by atoms with van der Waals surface area (Å²) in [6, 6.07) is 4.40. The number of guanidine groups is 2. The summed E-state index contributed by atoms with van der Waals surface area (Å²) < 4.78 is 23.5. The minimum atomic E-state index is -3.43. The molecule has 2 aliphatic rings. The summed E-state index contributed by atoms with van der Waals surface area (Å²) in [6.07, 6.45) is 8.79. The van der Waals surface area contributed by atoms with Gasteiger partial charge in [-0.3, -0.25) is 9.59 Å². The molecule has 9 N–H and O–H groups in total. The fraction of sp³-hybridized carbons (Fsp3) is 0.440. The number of sulfone groups is 1. The molecule has 1 unspecified atom stereocenters. The quantitative estimate of drug-likeness (QED) is 0.281. The van der Waals surface area contributed by atoms with E-state index in [4.69, 9.17) is 22.9 Å². The minimum Gasteiger partial charge on any atom is -0.381 e. The number of nitrogens with two attached hydrogens (primary N) is 4. The van der Waals surface area contributed by atoms with Crippen LogP contribution in [0, 0.1) is 0 Å². The highest BCUT2D eigenvalue weighted by Crippen LogP contribution is 2.29. The van der Waals surface area contributed by atoms with Crippen molar-refractivity contribution in [2.24, 2.45) is 32.9 Å². The van der Waals surface area contributed by atoms with E-state index in [1.165, 1.54) is 42.7 Å². The number of allylic oxidation sites excluding steroid dienone is 3. The summed E-state index contributed by atoms with van der Waals surface area (Å²) in [5.41, 5.74) is 24.7. The molecule has 0 saturated heterocycles. The Morgan fingerprint density at radius 2 is 1.57 bits per heavy atom. The summed E-state index contributed by atoms with van der Waals surface area (Å²) in [7, 11) is -3.43. The van der Waals surface area contributed by atoms with E-state index in [1.54, 1.807) is 6.07 Å². The Morgan fingerprint density at radius 1 is 0.973 bits per heavy atom. The Morgan fingerprint density at radius 3 is 2.14 bits per heavy atom. The highest BCUT2D eigenvalue weighted by Gasteiger charge is 2.24. The van der Waals surface area contributed by atoms with Gasteiger partial charge < -0.3 is 28.3 Å². The minimum absolute atomic E-state index is 0.0250. The lowest BCUT2D eigenvalue weighted by Gasteiger charge is -2.25. The van der Waals surface area contributed by atoms with Gasteiger partial charge in [-0.05, 0) is 67.9 Å². The SMILES string of the molecule is CC(C)c1ccc(C(=O)N=C(N)N)cc1S(C)(=O)=O.CC1NC2=C(C=C1C(=O)N=C(N)N)CCCCC2. The van der Waals surface area contributed by atoms with Gasteiger partial charge >= 0.3 is 0 Å². The zero-order valence-corrected chi connectivity index (χ0v) is 22.6. The van der Waals surface area contributed by atoms with E-state index in [9.17, 15) is 18.0 Å². The van der Waals surface area contributed by atoms with Gasteiger partial charge in [-0.2, -0.15) is 9.98 Å². The smallest absolute Gasteiger partial charge is 0.280 e. The summed E-state index contributed by atoms with van der Waals surface area (Å²) in [6.45, 7) is 5.71. The molecule has 0 aromatic heterocycles. The fourth-order valence-corrected chi connectivity index (χ4v) is 5.23. The molecule has 1 aliphatic heterocycles. The van der Waals surface area contributed by atoms with Crippen LogP contribution >= 0.6 is 0 Å². The van der Waals surface area contributed by atoms with E-state index >= 15 is 0 Å². The third kappa shape index (κ3) is 8.45. The Bertz CT molecular complexity index is 1270. The number of hydrogen-bond donors (Lipinski definition) is 5. The van der Waals surface area contributed by atoms with E-state index in [-0.39, 0.29) is 40.2 Å². The molecule has 0 saturated carbocycles. The third-order valence-corrected chi connectivity index (χ3v) is 7.09. The molecule has 202 valence electrons. The van der Waals surface area contributed by atoms with Crippen molar-refractivity contribution in [3.05, 3.63) is 52.2 Å². The number of nitrogens with zero attached hydrogens (tertiary/aromatic N) is 2. The van der Waals surface area contributed by atoms with E-state index in [0.29, 0.717) is 11.1 Å². The first-order valence-corrected chi connectivity index (χ1v) is 13.9. The molecule has 1 atom stereocenters. The Balaban J connectivity index is 0.000000260. The van der Waals surface area contributed by atoms with Crippen LogP contribution in [0.5, 0.6) is 0 Å². The first-order chi connectivity index (χ1) is 17.2. The second kappa shape index (κ2) is 12.5. The molecule has 37 heavy (non-hydrogen) atoms. The number of carbonyl (C=O) groups excluding carboxylic acids is 2. The number of rotatable bonds is 4. The zero-order valence-electron chi connectivity index (χ0n) is 21.7. The van der Waals surface area contributed by atoms with Crippen LogP contribution in [0.2, 0.25) is 0 Å². The van der Waals surface area contributed by atoms with Gasteiger partial charge in [0, 0.05) is 23.1 Å². The molecule has 1 aromatic rings. The summed E-state index contributed by atoms with van der Waals surface area (Å²) in [4.78, 5) is 30.7. The van der Waals surface area contributed by atoms with Crippen molar-refractivity contribution < 1.29 is 18.0 Å². The van der Waals surface area contributed by atoms with Gasteiger partial charge in [0.1, 0.15) is 0 Å². The second-order valence-electron chi connectivity index (χ2n) is 9.39. The molecule has 11 nitrogen and oxygen atoms in total. The molecule has 0 radical (unpaired) electrons. The van der Waals surface area contributed by atoms with Gasteiger partial charge in [0.05, 0.1) is 10.9 Å². The van der Waals surface area contributed by atoms with Crippen molar-refractivity contribution >= 4 is 33.6 Å². The monoisotopic (exact) mass is 531 g/mol. The summed E-state index contributed by atoms with van der Waals surface area (Å²) in [5, 5.41) is 3.40. The summed E-state index contributed by atoms with van der Waals surface area (Å²) >= 11 is 0. The van der Waals surface area contributed by atoms with E-state index in [0.717, 1.165) is 19.1 Å². The highest BCUT2D eigenvalue weighted by molar-refractivity contribution is 7.90. The standard InChI is InChI=1S/C13H20N4O.C12H17N3O3S/c1-8-10(12(18)17-13(14)15)7-9-5-3-2-4-6-11(9)16-8;1-7(2)9-5-4-8(11(16)15-12(13)14)6-10(9)19(3,17)18/h7-8,16H,2-6H2,1H3,(H4,14,15,17,18);4-7H,1-3H3,(H4,13,14,15,16). The van der Waals surface area contributed by atoms with Crippen LogP contribution in [0.3, 0.4) is 0 Å². The van der Waals surface area contributed by atoms with Crippen LogP contribution in [0.1, 0.15) is 74.7 Å². The summed E-state index contributed by atoms with van der Waals surface area (Å²) in [5.74, 6) is -1.53. The van der Waals surface area contributed by atoms with Crippen molar-refractivity contribution in [1.82, 2.24) is 5.32 Å². The van der Waals surface area contributed by atoms with Crippen LogP contribution < -0.4 is 28.3 Å². The van der Waals surface area contributed by atoms with Gasteiger partial charge in [-0.1, -0.05) is 26.3 Å². The van der Waals surface area contributed by atoms with Crippen LogP contribution in [-0.2, 0) is 14.6 Å². The number of hydrogen-bond acceptors (Lipinski definition) is 5. The molecule has 0 fully saturated rings. The maximum atomic E-state index is 11.9. The second-order valence-corrected chi connectivity index (χ2v) is 11.4. The van der Waals surface area contributed by atoms with Crippen LogP contribution in [0.4, 0.5) is 0 Å².